The monoisotopic (exact) mass is 340 g/mol. The third-order valence-electron chi connectivity index (χ3n) is 4.03. The van der Waals surface area contributed by atoms with E-state index in [1.165, 1.54) is 11.3 Å². The van der Waals surface area contributed by atoms with Crippen LogP contribution in [0.1, 0.15) is 18.5 Å². The molecule has 1 saturated heterocycles. The Morgan fingerprint density at radius 1 is 1.33 bits per heavy atom. The summed E-state index contributed by atoms with van der Waals surface area (Å²) in [7, 11) is 0. The van der Waals surface area contributed by atoms with Gasteiger partial charge in [-0.2, -0.15) is 0 Å². The molecule has 24 heavy (non-hydrogen) atoms. The van der Waals surface area contributed by atoms with Gasteiger partial charge in [0.05, 0.1) is 23.5 Å². The van der Waals surface area contributed by atoms with Crippen LogP contribution in [0.25, 0.3) is 4.96 Å². The Balaban J connectivity index is 1.51. The maximum Gasteiger partial charge on any atom is 0.230 e. The molecule has 7 heteroatoms. The summed E-state index contributed by atoms with van der Waals surface area (Å²) < 4.78 is 1.91. The normalized spacial score (nSPS) is 14.5. The van der Waals surface area contributed by atoms with Gasteiger partial charge in [0.2, 0.25) is 11.8 Å². The zero-order chi connectivity index (χ0) is 16.5. The summed E-state index contributed by atoms with van der Waals surface area (Å²) >= 11 is 1.53. The molecule has 6 nitrogen and oxygen atoms in total. The van der Waals surface area contributed by atoms with Crippen LogP contribution in [-0.4, -0.2) is 27.7 Å². The summed E-state index contributed by atoms with van der Waals surface area (Å²) in [6.45, 7) is 0.697. The number of nitrogens with one attached hydrogen (secondary N) is 1. The quantitative estimate of drug-likeness (QED) is 0.794. The molecule has 2 aromatic heterocycles. The predicted octanol–water partition coefficient (Wildman–Crippen LogP) is 2.70. The zero-order valence-corrected chi connectivity index (χ0v) is 13.8. The number of fused-ring (bicyclic) bond motifs is 1. The van der Waals surface area contributed by atoms with Gasteiger partial charge in [0, 0.05) is 30.7 Å². The van der Waals surface area contributed by atoms with Crippen molar-refractivity contribution in [3.8, 4) is 0 Å². The summed E-state index contributed by atoms with van der Waals surface area (Å²) in [5, 5.41) is 4.87. The van der Waals surface area contributed by atoms with Gasteiger partial charge in [-0.1, -0.05) is 12.1 Å². The van der Waals surface area contributed by atoms with Gasteiger partial charge < -0.3 is 10.2 Å². The topological polar surface area (TPSA) is 66.7 Å². The van der Waals surface area contributed by atoms with E-state index < -0.39 is 0 Å². The van der Waals surface area contributed by atoms with Gasteiger partial charge >= 0.3 is 0 Å². The number of amides is 2. The summed E-state index contributed by atoms with van der Waals surface area (Å²) in [6, 6.07) is 7.42. The number of thiazole rings is 1. The molecule has 1 aliphatic heterocycles. The molecule has 1 fully saturated rings. The number of hydrogen-bond donors (Lipinski definition) is 1. The number of benzene rings is 1. The molecule has 1 aromatic carbocycles. The van der Waals surface area contributed by atoms with Crippen LogP contribution in [0.5, 0.6) is 0 Å². The lowest BCUT2D eigenvalue weighted by molar-refractivity contribution is -0.117. The number of imidazole rings is 1. The molecule has 0 aliphatic carbocycles. The second-order valence-electron chi connectivity index (χ2n) is 5.72. The van der Waals surface area contributed by atoms with Crippen molar-refractivity contribution >= 4 is 39.5 Å². The average Bonchev–Trinajstić information content (AvgIpc) is 3.24. The Kier molecular flexibility index (Phi) is 3.78. The second-order valence-corrected chi connectivity index (χ2v) is 6.59. The molecule has 1 aliphatic rings. The van der Waals surface area contributed by atoms with Crippen LogP contribution in [0, 0.1) is 0 Å². The minimum absolute atomic E-state index is 0.103. The van der Waals surface area contributed by atoms with Crippen LogP contribution in [0.2, 0.25) is 0 Å². The van der Waals surface area contributed by atoms with Gasteiger partial charge in [-0.15, -0.1) is 11.3 Å². The number of carbonyl (C=O) groups excluding carboxylic acids is 2. The Hall–Kier alpha value is -2.67. The van der Waals surface area contributed by atoms with Crippen molar-refractivity contribution < 1.29 is 9.59 Å². The number of para-hydroxylation sites is 2. The Labute approximate surface area is 142 Å². The molecule has 0 spiro atoms. The Morgan fingerprint density at radius 3 is 3.00 bits per heavy atom. The summed E-state index contributed by atoms with van der Waals surface area (Å²) in [5.74, 6) is -0.0362. The Bertz CT molecular complexity index is 886. The minimum Gasteiger partial charge on any atom is -0.324 e. The van der Waals surface area contributed by atoms with Gasteiger partial charge in [0.1, 0.15) is 0 Å². The number of aromatic nitrogens is 2. The van der Waals surface area contributed by atoms with Crippen LogP contribution in [0.15, 0.2) is 42.0 Å². The molecule has 0 bridgehead atoms. The summed E-state index contributed by atoms with van der Waals surface area (Å²) in [6.07, 6.45) is 5.40. The zero-order valence-electron chi connectivity index (χ0n) is 12.9. The number of hydrogen-bond acceptors (Lipinski definition) is 4. The molecule has 3 heterocycles. The first-order valence-electron chi connectivity index (χ1n) is 7.81. The van der Waals surface area contributed by atoms with Crippen LogP contribution < -0.4 is 10.2 Å². The molecular formula is C17H16N4O2S. The fourth-order valence-corrected chi connectivity index (χ4v) is 3.66. The first kappa shape index (κ1) is 14.9. The molecule has 3 aromatic rings. The molecule has 2 amide bonds. The fourth-order valence-electron chi connectivity index (χ4n) is 2.94. The smallest absolute Gasteiger partial charge is 0.230 e. The van der Waals surface area contributed by atoms with E-state index in [4.69, 9.17) is 0 Å². The minimum atomic E-state index is -0.139. The fraction of sp³-hybridized carbons (Fsp3) is 0.235. The molecule has 0 unspecified atom stereocenters. The van der Waals surface area contributed by atoms with E-state index in [0.29, 0.717) is 18.7 Å². The molecule has 0 radical (unpaired) electrons. The third-order valence-corrected chi connectivity index (χ3v) is 4.80. The van der Waals surface area contributed by atoms with E-state index in [9.17, 15) is 9.59 Å². The first-order valence-corrected chi connectivity index (χ1v) is 8.69. The second kappa shape index (κ2) is 6.09. The highest BCUT2D eigenvalue weighted by Crippen LogP contribution is 2.29. The van der Waals surface area contributed by atoms with Gasteiger partial charge in [-0.25, -0.2) is 4.98 Å². The van der Waals surface area contributed by atoms with Gasteiger partial charge in [0.15, 0.2) is 4.96 Å². The van der Waals surface area contributed by atoms with Crippen LogP contribution >= 0.6 is 11.3 Å². The number of rotatable bonds is 4. The molecule has 0 saturated carbocycles. The molecule has 1 N–H and O–H groups in total. The van der Waals surface area contributed by atoms with Crippen molar-refractivity contribution in [2.75, 3.05) is 16.8 Å². The van der Waals surface area contributed by atoms with Crippen LogP contribution in [0.3, 0.4) is 0 Å². The molecule has 0 atom stereocenters. The number of anilines is 2. The lowest BCUT2D eigenvalue weighted by atomic mass is 10.2. The highest BCUT2D eigenvalue weighted by molar-refractivity contribution is 7.15. The summed E-state index contributed by atoms with van der Waals surface area (Å²) in [5.41, 5.74) is 2.16. The largest absolute Gasteiger partial charge is 0.324 e. The van der Waals surface area contributed by atoms with Gasteiger partial charge in [-0.3, -0.25) is 14.0 Å². The third kappa shape index (κ3) is 2.78. The van der Waals surface area contributed by atoms with Crippen LogP contribution in [-0.2, 0) is 16.0 Å². The van der Waals surface area contributed by atoms with Crippen molar-refractivity contribution in [1.82, 2.24) is 9.38 Å². The summed E-state index contributed by atoms with van der Waals surface area (Å²) in [4.78, 5) is 31.4. The van der Waals surface area contributed by atoms with E-state index in [1.54, 1.807) is 4.90 Å². The van der Waals surface area contributed by atoms with Crippen molar-refractivity contribution in [1.29, 1.82) is 0 Å². The SMILES string of the molecule is O=C(Cc1cn2ccsc2n1)Nc1ccccc1N1CCCC1=O. The highest BCUT2D eigenvalue weighted by Gasteiger charge is 2.24. The van der Waals surface area contributed by atoms with E-state index in [1.807, 2.05) is 46.4 Å². The van der Waals surface area contributed by atoms with E-state index in [2.05, 4.69) is 10.3 Å². The highest BCUT2D eigenvalue weighted by atomic mass is 32.1. The predicted molar refractivity (Wildman–Crippen MR) is 93.4 cm³/mol. The molecule has 4 rings (SSSR count). The Morgan fingerprint density at radius 2 is 2.21 bits per heavy atom. The van der Waals surface area contributed by atoms with Gasteiger partial charge in [-0.05, 0) is 18.6 Å². The lowest BCUT2D eigenvalue weighted by Crippen LogP contribution is -2.26. The first-order chi connectivity index (χ1) is 11.7. The maximum absolute atomic E-state index is 12.4. The van der Waals surface area contributed by atoms with Crippen molar-refractivity contribution in [3.05, 3.63) is 47.7 Å². The van der Waals surface area contributed by atoms with E-state index >= 15 is 0 Å². The van der Waals surface area contributed by atoms with Crippen molar-refractivity contribution in [2.24, 2.45) is 0 Å². The molecular weight excluding hydrogens is 324 g/mol. The van der Waals surface area contributed by atoms with E-state index in [-0.39, 0.29) is 18.2 Å². The van der Waals surface area contributed by atoms with Gasteiger partial charge in [0.25, 0.3) is 0 Å². The van der Waals surface area contributed by atoms with Crippen LogP contribution in [0.4, 0.5) is 11.4 Å². The average molecular weight is 340 g/mol. The maximum atomic E-state index is 12.4. The number of nitrogens with zero attached hydrogens (tertiary/aromatic N) is 3. The molecule has 122 valence electrons. The van der Waals surface area contributed by atoms with Crippen molar-refractivity contribution in [2.45, 2.75) is 19.3 Å². The standard InChI is InChI=1S/C17H16N4O2S/c22-15(10-12-11-20-8-9-24-17(20)18-12)19-13-4-1-2-5-14(13)21-7-3-6-16(21)23/h1-2,4-5,8-9,11H,3,6-7,10H2,(H,19,22). The number of carbonyl (C=O) groups is 2. The lowest BCUT2D eigenvalue weighted by Gasteiger charge is -2.19. The van der Waals surface area contributed by atoms with E-state index in [0.717, 1.165) is 22.8 Å². The van der Waals surface area contributed by atoms with Crippen molar-refractivity contribution in [3.63, 3.8) is 0 Å².